The Morgan fingerprint density at radius 2 is 1.90 bits per heavy atom. The number of rotatable bonds is 1. The Balaban J connectivity index is 1.66. The summed E-state index contributed by atoms with van der Waals surface area (Å²) in [5.74, 6) is 0. The van der Waals surface area contributed by atoms with Gasteiger partial charge >= 0.3 is 6.03 Å². The number of fused-ring (bicyclic) bond motifs is 1. The number of nitrogens with zero attached hydrogens (tertiary/aromatic N) is 1. The molecule has 0 bridgehead atoms. The third kappa shape index (κ3) is 2.80. The Labute approximate surface area is 120 Å². The van der Waals surface area contributed by atoms with Crippen LogP contribution in [0.5, 0.6) is 0 Å². The number of urea groups is 1. The molecular weight excluding hydrogens is 252 g/mol. The second-order valence-corrected chi connectivity index (χ2v) is 5.93. The van der Waals surface area contributed by atoms with Gasteiger partial charge in [-0.25, -0.2) is 4.79 Å². The van der Waals surface area contributed by atoms with Gasteiger partial charge in [0.1, 0.15) is 0 Å². The molecular formula is C16H22N2O2. The number of nitrogens with one attached hydrogen (secondary N) is 1. The van der Waals surface area contributed by atoms with E-state index < -0.39 is 0 Å². The number of aryl methyl sites for hydroxylation is 2. The summed E-state index contributed by atoms with van der Waals surface area (Å²) >= 11 is 0. The second-order valence-electron chi connectivity index (χ2n) is 5.93. The quantitative estimate of drug-likeness (QED) is 0.855. The number of hydrogen-bond donors (Lipinski definition) is 1. The highest BCUT2D eigenvalue weighted by molar-refractivity contribution is 5.89. The van der Waals surface area contributed by atoms with Crippen LogP contribution in [0.2, 0.25) is 0 Å². The van der Waals surface area contributed by atoms with Crippen LogP contribution in [0.3, 0.4) is 0 Å². The van der Waals surface area contributed by atoms with Crippen molar-refractivity contribution < 1.29 is 9.53 Å². The molecule has 1 N–H and O–H groups in total. The van der Waals surface area contributed by atoms with Gasteiger partial charge in [-0.15, -0.1) is 0 Å². The third-order valence-corrected chi connectivity index (χ3v) is 4.06. The molecule has 0 saturated carbocycles. The number of amides is 2. The first-order valence-electron chi connectivity index (χ1n) is 7.45. The molecule has 1 aliphatic carbocycles. The van der Waals surface area contributed by atoms with E-state index in [1.807, 2.05) is 24.8 Å². The van der Waals surface area contributed by atoms with Crippen LogP contribution in [0.1, 0.15) is 31.4 Å². The van der Waals surface area contributed by atoms with Crippen molar-refractivity contribution in [2.75, 3.05) is 18.4 Å². The van der Waals surface area contributed by atoms with Gasteiger partial charge in [0.2, 0.25) is 0 Å². The monoisotopic (exact) mass is 274 g/mol. The van der Waals surface area contributed by atoms with Gasteiger partial charge in [0.25, 0.3) is 0 Å². The van der Waals surface area contributed by atoms with Gasteiger partial charge in [0, 0.05) is 18.8 Å². The lowest BCUT2D eigenvalue weighted by Crippen LogP contribution is -2.49. The summed E-state index contributed by atoms with van der Waals surface area (Å²) in [7, 11) is 0. The number of anilines is 1. The van der Waals surface area contributed by atoms with E-state index in [2.05, 4.69) is 17.4 Å². The predicted molar refractivity (Wildman–Crippen MR) is 79.1 cm³/mol. The molecule has 1 aliphatic heterocycles. The molecule has 1 fully saturated rings. The summed E-state index contributed by atoms with van der Waals surface area (Å²) in [6.45, 7) is 5.32. The molecule has 2 aliphatic rings. The maximum Gasteiger partial charge on any atom is 0.322 e. The second kappa shape index (κ2) is 5.44. The lowest BCUT2D eigenvalue weighted by atomic mass is 10.1. The van der Waals surface area contributed by atoms with E-state index in [9.17, 15) is 4.79 Å². The zero-order valence-electron chi connectivity index (χ0n) is 12.2. The average Bonchev–Trinajstić information content (AvgIpc) is 2.85. The van der Waals surface area contributed by atoms with Crippen LogP contribution in [0.15, 0.2) is 18.2 Å². The molecule has 3 rings (SSSR count). The van der Waals surface area contributed by atoms with E-state index in [0.717, 1.165) is 12.1 Å². The van der Waals surface area contributed by atoms with Gasteiger partial charge in [-0.05, 0) is 56.4 Å². The van der Waals surface area contributed by atoms with Crippen molar-refractivity contribution in [3.63, 3.8) is 0 Å². The van der Waals surface area contributed by atoms with Crippen molar-refractivity contribution in [3.8, 4) is 0 Å². The van der Waals surface area contributed by atoms with Crippen LogP contribution >= 0.6 is 0 Å². The fourth-order valence-corrected chi connectivity index (χ4v) is 3.20. The number of hydrogen-bond acceptors (Lipinski definition) is 2. The van der Waals surface area contributed by atoms with Crippen LogP contribution in [0, 0.1) is 0 Å². The van der Waals surface area contributed by atoms with Gasteiger partial charge in [0.05, 0.1) is 12.2 Å². The van der Waals surface area contributed by atoms with Crippen molar-refractivity contribution in [2.24, 2.45) is 0 Å². The van der Waals surface area contributed by atoms with Crippen molar-refractivity contribution in [1.82, 2.24) is 4.90 Å². The van der Waals surface area contributed by atoms with Crippen LogP contribution in [-0.2, 0) is 17.6 Å². The van der Waals surface area contributed by atoms with Gasteiger partial charge in [-0.1, -0.05) is 6.07 Å². The Hall–Kier alpha value is -1.55. The summed E-state index contributed by atoms with van der Waals surface area (Å²) in [5.41, 5.74) is 3.71. The summed E-state index contributed by atoms with van der Waals surface area (Å²) in [6.07, 6.45) is 3.73. The molecule has 1 aromatic carbocycles. The van der Waals surface area contributed by atoms with E-state index in [4.69, 9.17) is 4.74 Å². The highest BCUT2D eigenvalue weighted by atomic mass is 16.5. The first-order chi connectivity index (χ1) is 9.61. The molecule has 1 aromatic rings. The normalized spacial score (nSPS) is 25.4. The van der Waals surface area contributed by atoms with Crippen molar-refractivity contribution in [2.45, 2.75) is 45.3 Å². The molecule has 0 radical (unpaired) electrons. The first-order valence-corrected chi connectivity index (χ1v) is 7.45. The summed E-state index contributed by atoms with van der Waals surface area (Å²) < 4.78 is 5.66. The van der Waals surface area contributed by atoms with E-state index in [-0.39, 0.29) is 18.2 Å². The van der Waals surface area contributed by atoms with Crippen molar-refractivity contribution >= 4 is 11.7 Å². The van der Waals surface area contributed by atoms with E-state index in [1.54, 1.807) is 0 Å². The minimum Gasteiger partial charge on any atom is -0.372 e. The smallest absolute Gasteiger partial charge is 0.322 e. The van der Waals surface area contributed by atoms with Crippen LogP contribution in [0.4, 0.5) is 10.5 Å². The molecule has 4 nitrogen and oxygen atoms in total. The van der Waals surface area contributed by atoms with Gasteiger partial charge in [-0.3, -0.25) is 0 Å². The third-order valence-electron chi connectivity index (χ3n) is 4.06. The average molecular weight is 274 g/mol. The zero-order valence-corrected chi connectivity index (χ0v) is 12.2. The Bertz CT molecular complexity index is 505. The molecule has 2 amide bonds. The fraction of sp³-hybridized carbons (Fsp3) is 0.562. The number of carbonyl (C=O) groups is 1. The standard InChI is InChI=1S/C16H22N2O2/c1-11-9-18(10-12(2)20-11)16(19)17-15-7-6-13-4-3-5-14(13)8-15/h6-8,11-12H,3-5,9-10H2,1-2H3,(H,17,19)/t11-,12-/m0/s1. The summed E-state index contributed by atoms with van der Waals surface area (Å²) in [6, 6.07) is 6.25. The van der Waals surface area contributed by atoms with Crippen LogP contribution in [-0.4, -0.2) is 36.2 Å². The van der Waals surface area contributed by atoms with Gasteiger partial charge in [-0.2, -0.15) is 0 Å². The molecule has 2 atom stereocenters. The van der Waals surface area contributed by atoms with Gasteiger partial charge in [0.15, 0.2) is 0 Å². The summed E-state index contributed by atoms with van der Waals surface area (Å²) in [4.78, 5) is 14.2. The van der Waals surface area contributed by atoms with Crippen molar-refractivity contribution in [1.29, 1.82) is 0 Å². The topological polar surface area (TPSA) is 41.6 Å². The van der Waals surface area contributed by atoms with E-state index >= 15 is 0 Å². The molecule has 0 spiro atoms. The van der Waals surface area contributed by atoms with Gasteiger partial charge < -0.3 is 15.0 Å². The van der Waals surface area contributed by atoms with E-state index in [1.165, 1.54) is 24.0 Å². The summed E-state index contributed by atoms with van der Waals surface area (Å²) in [5, 5.41) is 3.01. The highest BCUT2D eigenvalue weighted by Crippen LogP contribution is 2.25. The Kier molecular flexibility index (Phi) is 3.66. The SMILES string of the molecule is C[C@H]1CN(C(=O)Nc2ccc3c(c2)CCC3)C[C@H](C)O1. The maximum atomic E-state index is 12.3. The minimum atomic E-state index is -0.0232. The predicted octanol–water partition coefficient (Wildman–Crippen LogP) is 2.82. The number of ether oxygens (including phenoxy) is 1. The molecule has 4 heteroatoms. The van der Waals surface area contributed by atoms with E-state index in [0.29, 0.717) is 13.1 Å². The van der Waals surface area contributed by atoms with Crippen LogP contribution < -0.4 is 5.32 Å². The number of benzene rings is 1. The highest BCUT2D eigenvalue weighted by Gasteiger charge is 2.26. The lowest BCUT2D eigenvalue weighted by molar-refractivity contribution is -0.0530. The number of morpholine rings is 1. The Morgan fingerprint density at radius 1 is 1.20 bits per heavy atom. The zero-order chi connectivity index (χ0) is 14.1. The van der Waals surface area contributed by atoms with Crippen LogP contribution in [0.25, 0.3) is 0 Å². The molecule has 108 valence electrons. The number of carbonyl (C=O) groups excluding carboxylic acids is 1. The molecule has 1 heterocycles. The maximum absolute atomic E-state index is 12.3. The molecule has 0 unspecified atom stereocenters. The molecule has 20 heavy (non-hydrogen) atoms. The largest absolute Gasteiger partial charge is 0.372 e. The molecule has 1 saturated heterocycles. The van der Waals surface area contributed by atoms with Crippen molar-refractivity contribution in [3.05, 3.63) is 29.3 Å². The first kappa shape index (κ1) is 13.4. The Morgan fingerprint density at radius 3 is 2.65 bits per heavy atom. The fourth-order valence-electron chi connectivity index (χ4n) is 3.20. The molecule has 0 aromatic heterocycles. The minimum absolute atomic E-state index is 0.0232. The lowest BCUT2D eigenvalue weighted by Gasteiger charge is -2.35.